The number of hydrogen-bond acceptors (Lipinski definition) is 2. The molecule has 0 amide bonds. The predicted molar refractivity (Wildman–Crippen MR) is 81.7 cm³/mol. The van der Waals surface area contributed by atoms with Crippen LogP contribution in [-0.4, -0.2) is 4.98 Å². The number of anilines is 1. The first kappa shape index (κ1) is 13.6. The van der Waals surface area contributed by atoms with Gasteiger partial charge in [-0.1, -0.05) is 17.7 Å². The first-order valence-electron chi connectivity index (χ1n) is 6.73. The van der Waals surface area contributed by atoms with E-state index in [4.69, 9.17) is 0 Å². The smallest absolute Gasteiger partial charge is 0.0534 e. The quantitative estimate of drug-likeness (QED) is 0.873. The maximum absolute atomic E-state index is 4.23. The van der Waals surface area contributed by atoms with Crippen LogP contribution in [0.25, 0.3) is 0 Å². The third-order valence-electron chi connectivity index (χ3n) is 3.43. The van der Waals surface area contributed by atoms with Gasteiger partial charge in [0.1, 0.15) is 0 Å². The molecule has 0 saturated carbocycles. The minimum atomic E-state index is 0.282. The number of nitrogens with one attached hydrogen (secondary N) is 1. The summed E-state index contributed by atoms with van der Waals surface area (Å²) in [5, 5.41) is 3.54. The molecule has 2 heteroatoms. The van der Waals surface area contributed by atoms with Crippen molar-refractivity contribution in [3.05, 3.63) is 58.4 Å². The molecule has 19 heavy (non-hydrogen) atoms. The summed E-state index contributed by atoms with van der Waals surface area (Å²) in [5.41, 5.74) is 7.65. The van der Waals surface area contributed by atoms with Gasteiger partial charge >= 0.3 is 0 Å². The first-order valence-corrected chi connectivity index (χ1v) is 6.73. The molecule has 0 aliphatic rings. The summed E-state index contributed by atoms with van der Waals surface area (Å²) in [5.74, 6) is 0. The van der Waals surface area contributed by atoms with Crippen LogP contribution in [0.3, 0.4) is 0 Å². The second-order valence-corrected chi connectivity index (χ2v) is 5.43. The predicted octanol–water partition coefficient (Wildman–Crippen LogP) is 4.49. The highest BCUT2D eigenvalue weighted by Crippen LogP contribution is 2.26. The zero-order valence-electron chi connectivity index (χ0n) is 12.4. The van der Waals surface area contributed by atoms with Gasteiger partial charge in [-0.3, -0.25) is 4.98 Å². The molecule has 0 aliphatic carbocycles. The third kappa shape index (κ3) is 3.14. The molecular formula is C17H22N2. The van der Waals surface area contributed by atoms with Crippen molar-refractivity contribution in [2.45, 2.75) is 40.7 Å². The molecule has 2 aromatic rings. The Bertz CT molecular complexity index is 565. The summed E-state index contributed by atoms with van der Waals surface area (Å²) in [6.07, 6.45) is 3.75. The van der Waals surface area contributed by atoms with Crippen molar-refractivity contribution < 1.29 is 0 Å². The van der Waals surface area contributed by atoms with E-state index in [1.807, 2.05) is 12.4 Å². The van der Waals surface area contributed by atoms with Crippen molar-refractivity contribution in [2.24, 2.45) is 0 Å². The molecule has 0 bridgehead atoms. The standard InChI is InChI=1S/C17H22N2/c1-11-6-13(3)17(14(4)7-11)15(5)19-16-8-12(2)9-18-10-16/h6-10,15,19H,1-5H3. The fraction of sp³-hybridized carbons (Fsp3) is 0.353. The Morgan fingerprint density at radius 3 is 2.11 bits per heavy atom. The average Bonchev–Trinajstić information content (AvgIpc) is 2.27. The maximum Gasteiger partial charge on any atom is 0.0534 e. The minimum Gasteiger partial charge on any atom is -0.377 e. The van der Waals surface area contributed by atoms with Crippen molar-refractivity contribution in [2.75, 3.05) is 5.32 Å². The van der Waals surface area contributed by atoms with E-state index in [0.717, 1.165) is 5.69 Å². The number of rotatable bonds is 3. The summed E-state index contributed by atoms with van der Waals surface area (Å²) in [6, 6.07) is 6.90. The van der Waals surface area contributed by atoms with Gasteiger partial charge < -0.3 is 5.32 Å². The van der Waals surface area contributed by atoms with Crippen LogP contribution < -0.4 is 5.32 Å². The van der Waals surface area contributed by atoms with E-state index in [1.54, 1.807) is 0 Å². The summed E-state index contributed by atoms with van der Waals surface area (Å²) < 4.78 is 0. The van der Waals surface area contributed by atoms with Crippen LogP contribution in [0.2, 0.25) is 0 Å². The Kier molecular flexibility index (Phi) is 3.89. The minimum absolute atomic E-state index is 0.282. The monoisotopic (exact) mass is 254 g/mol. The zero-order chi connectivity index (χ0) is 14.0. The molecule has 0 radical (unpaired) electrons. The number of pyridine rings is 1. The highest BCUT2D eigenvalue weighted by Gasteiger charge is 2.12. The average molecular weight is 254 g/mol. The molecule has 1 aromatic carbocycles. The lowest BCUT2D eigenvalue weighted by molar-refractivity contribution is 0.860. The summed E-state index contributed by atoms with van der Waals surface area (Å²) in [6.45, 7) is 10.8. The van der Waals surface area contributed by atoms with E-state index in [9.17, 15) is 0 Å². The highest BCUT2D eigenvalue weighted by atomic mass is 14.9. The van der Waals surface area contributed by atoms with E-state index in [0.29, 0.717) is 0 Å². The molecule has 1 unspecified atom stereocenters. The topological polar surface area (TPSA) is 24.9 Å². The Morgan fingerprint density at radius 1 is 0.895 bits per heavy atom. The van der Waals surface area contributed by atoms with E-state index < -0.39 is 0 Å². The van der Waals surface area contributed by atoms with E-state index >= 15 is 0 Å². The Hall–Kier alpha value is -1.83. The van der Waals surface area contributed by atoms with Crippen LogP contribution in [0, 0.1) is 27.7 Å². The van der Waals surface area contributed by atoms with Gasteiger partial charge in [0.05, 0.1) is 5.69 Å². The van der Waals surface area contributed by atoms with Crippen LogP contribution in [0.5, 0.6) is 0 Å². The number of hydrogen-bond donors (Lipinski definition) is 1. The van der Waals surface area contributed by atoms with Gasteiger partial charge in [-0.2, -0.15) is 0 Å². The maximum atomic E-state index is 4.23. The molecule has 0 saturated heterocycles. The second-order valence-electron chi connectivity index (χ2n) is 5.43. The van der Waals surface area contributed by atoms with E-state index in [-0.39, 0.29) is 6.04 Å². The normalized spacial score (nSPS) is 12.3. The zero-order valence-corrected chi connectivity index (χ0v) is 12.4. The molecule has 2 nitrogen and oxygen atoms in total. The molecule has 1 aromatic heterocycles. The summed E-state index contributed by atoms with van der Waals surface area (Å²) in [4.78, 5) is 4.23. The van der Waals surface area contributed by atoms with Crippen molar-refractivity contribution in [3.8, 4) is 0 Å². The molecule has 100 valence electrons. The number of nitrogens with zero attached hydrogens (tertiary/aromatic N) is 1. The molecule has 1 heterocycles. The Balaban J connectivity index is 2.28. The molecule has 0 aliphatic heterocycles. The van der Waals surface area contributed by atoms with Gasteiger partial charge in [-0.05, 0) is 62.9 Å². The number of aryl methyl sites for hydroxylation is 4. The van der Waals surface area contributed by atoms with Gasteiger partial charge in [-0.15, -0.1) is 0 Å². The van der Waals surface area contributed by atoms with Gasteiger partial charge in [0.15, 0.2) is 0 Å². The van der Waals surface area contributed by atoms with Crippen molar-refractivity contribution in [1.29, 1.82) is 0 Å². The number of benzene rings is 1. The van der Waals surface area contributed by atoms with Crippen molar-refractivity contribution in [3.63, 3.8) is 0 Å². The molecule has 2 rings (SSSR count). The molecular weight excluding hydrogens is 232 g/mol. The van der Waals surface area contributed by atoms with Crippen molar-refractivity contribution in [1.82, 2.24) is 4.98 Å². The molecule has 1 atom stereocenters. The lowest BCUT2D eigenvalue weighted by Gasteiger charge is -2.21. The van der Waals surface area contributed by atoms with Crippen LogP contribution in [0.15, 0.2) is 30.6 Å². The Labute approximate surface area is 115 Å². The van der Waals surface area contributed by atoms with Gasteiger partial charge in [0, 0.05) is 18.4 Å². The molecule has 0 spiro atoms. The van der Waals surface area contributed by atoms with E-state index in [2.05, 4.69) is 63.1 Å². The molecule has 0 fully saturated rings. The SMILES string of the molecule is Cc1cncc(NC(C)c2c(C)cc(C)cc2C)c1. The first-order chi connectivity index (χ1) is 8.97. The Morgan fingerprint density at radius 2 is 1.53 bits per heavy atom. The van der Waals surface area contributed by atoms with Gasteiger partial charge in [-0.25, -0.2) is 0 Å². The van der Waals surface area contributed by atoms with Gasteiger partial charge in [0.2, 0.25) is 0 Å². The fourth-order valence-electron chi connectivity index (χ4n) is 2.83. The largest absolute Gasteiger partial charge is 0.377 e. The summed E-state index contributed by atoms with van der Waals surface area (Å²) in [7, 11) is 0. The highest BCUT2D eigenvalue weighted by molar-refractivity contribution is 5.48. The summed E-state index contributed by atoms with van der Waals surface area (Å²) >= 11 is 0. The van der Waals surface area contributed by atoms with Crippen LogP contribution in [-0.2, 0) is 0 Å². The van der Waals surface area contributed by atoms with Gasteiger partial charge in [0.25, 0.3) is 0 Å². The van der Waals surface area contributed by atoms with E-state index in [1.165, 1.54) is 27.8 Å². The lowest BCUT2D eigenvalue weighted by Crippen LogP contribution is -2.10. The van der Waals surface area contributed by atoms with Crippen molar-refractivity contribution >= 4 is 5.69 Å². The fourth-order valence-corrected chi connectivity index (χ4v) is 2.83. The second kappa shape index (κ2) is 5.43. The molecule has 1 N–H and O–H groups in total. The van der Waals surface area contributed by atoms with Crippen LogP contribution >= 0.6 is 0 Å². The lowest BCUT2D eigenvalue weighted by atomic mass is 9.95. The number of aromatic nitrogens is 1. The van der Waals surface area contributed by atoms with Crippen LogP contribution in [0.4, 0.5) is 5.69 Å². The van der Waals surface area contributed by atoms with Crippen LogP contribution in [0.1, 0.15) is 40.8 Å². The third-order valence-corrected chi connectivity index (χ3v) is 3.43.